The quantitative estimate of drug-likeness (QED) is 0.620. The second kappa shape index (κ2) is 3.62. The van der Waals surface area contributed by atoms with Crippen molar-refractivity contribution in [1.29, 1.82) is 5.26 Å². The Hall–Kier alpha value is -1.37. The third-order valence-corrected chi connectivity index (χ3v) is 1.17. The van der Waals surface area contributed by atoms with Crippen LogP contribution in [0.25, 0.3) is 0 Å². The summed E-state index contributed by atoms with van der Waals surface area (Å²) >= 11 is 0. The smallest absolute Gasteiger partial charge is 0.137 e. The van der Waals surface area contributed by atoms with Crippen molar-refractivity contribution in [3.63, 3.8) is 0 Å². The summed E-state index contributed by atoms with van der Waals surface area (Å²) in [6.45, 7) is 0. The van der Waals surface area contributed by atoms with Gasteiger partial charge in [-0.15, -0.1) is 0 Å². The van der Waals surface area contributed by atoms with E-state index in [2.05, 4.69) is 21.3 Å². The fraction of sp³-hybridized carbons (Fsp3) is 0.500. The van der Waals surface area contributed by atoms with E-state index in [1.807, 2.05) is 0 Å². The van der Waals surface area contributed by atoms with E-state index >= 15 is 0 Å². The van der Waals surface area contributed by atoms with Crippen LogP contribution in [0.3, 0.4) is 0 Å². The first-order valence-electron chi connectivity index (χ1n) is 3.14. The largest absolute Gasteiger partial charge is 0.263 e. The van der Waals surface area contributed by atoms with E-state index in [-0.39, 0.29) is 0 Å². The SMILES string of the molecule is N#CCCCc1ncn[nH]1. The number of H-pyrrole nitrogens is 1. The first-order valence-corrected chi connectivity index (χ1v) is 3.14. The summed E-state index contributed by atoms with van der Waals surface area (Å²) in [7, 11) is 0. The highest BCUT2D eigenvalue weighted by molar-refractivity contribution is 4.81. The van der Waals surface area contributed by atoms with E-state index in [9.17, 15) is 0 Å². The van der Waals surface area contributed by atoms with Gasteiger partial charge in [-0.3, -0.25) is 5.10 Å². The molecule has 10 heavy (non-hydrogen) atoms. The van der Waals surface area contributed by atoms with Gasteiger partial charge in [0.15, 0.2) is 0 Å². The van der Waals surface area contributed by atoms with Crippen LogP contribution in [-0.2, 0) is 6.42 Å². The van der Waals surface area contributed by atoms with Crippen molar-refractivity contribution in [2.45, 2.75) is 19.3 Å². The molecule has 1 N–H and O–H groups in total. The molecule has 0 fully saturated rings. The lowest BCUT2D eigenvalue weighted by molar-refractivity contribution is 0.795. The lowest BCUT2D eigenvalue weighted by atomic mass is 10.2. The first-order chi connectivity index (χ1) is 4.93. The van der Waals surface area contributed by atoms with Crippen molar-refractivity contribution >= 4 is 0 Å². The maximum Gasteiger partial charge on any atom is 0.137 e. The van der Waals surface area contributed by atoms with E-state index in [0.717, 1.165) is 18.7 Å². The first kappa shape index (κ1) is 6.75. The van der Waals surface area contributed by atoms with Crippen LogP contribution in [0, 0.1) is 11.3 Å². The average Bonchev–Trinajstić information content (AvgIpc) is 2.41. The zero-order valence-electron chi connectivity index (χ0n) is 5.54. The minimum atomic E-state index is 0.584. The molecular weight excluding hydrogens is 128 g/mol. The third kappa shape index (κ3) is 1.86. The molecule has 0 aliphatic heterocycles. The van der Waals surface area contributed by atoms with Crippen LogP contribution < -0.4 is 0 Å². The summed E-state index contributed by atoms with van der Waals surface area (Å²) in [5, 5.41) is 14.6. The van der Waals surface area contributed by atoms with Gasteiger partial charge >= 0.3 is 0 Å². The van der Waals surface area contributed by atoms with Gasteiger partial charge in [0.25, 0.3) is 0 Å². The molecule has 0 aliphatic carbocycles. The fourth-order valence-corrected chi connectivity index (χ4v) is 0.686. The van der Waals surface area contributed by atoms with Gasteiger partial charge in [0.2, 0.25) is 0 Å². The van der Waals surface area contributed by atoms with Crippen LogP contribution in [0.5, 0.6) is 0 Å². The van der Waals surface area contributed by atoms with Crippen molar-refractivity contribution in [3.05, 3.63) is 12.2 Å². The number of nitrogens with zero attached hydrogens (tertiary/aromatic N) is 3. The molecule has 1 heterocycles. The third-order valence-electron chi connectivity index (χ3n) is 1.17. The number of unbranched alkanes of at least 4 members (excludes halogenated alkanes) is 1. The van der Waals surface area contributed by atoms with E-state index in [4.69, 9.17) is 5.26 Å². The van der Waals surface area contributed by atoms with Gasteiger partial charge in [0.05, 0.1) is 6.07 Å². The summed E-state index contributed by atoms with van der Waals surface area (Å²) in [5.41, 5.74) is 0. The zero-order chi connectivity index (χ0) is 7.23. The van der Waals surface area contributed by atoms with Gasteiger partial charge < -0.3 is 0 Å². The molecule has 1 aromatic rings. The van der Waals surface area contributed by atoms with Crippen molar-refractivity contribution in [2.24, 2.45) is 0 Å². The minimum Gasteiger partial charge on any atom is -0.263 e. The topological polar surface area (TPSA) is 65.4 Å². The Bertz CT molecular complexity index is 208. The fourth-order valence-electron chi connectivity index (χ4n) is 0.686. The number of aryl methyl sites for hydroxylation is 1. The predicted molar refractivity (Wildman–Crippen MR) is 34.9 cm³/mol. The minimum absolute atomic E-state index is 0.584. The highest BCUT2D eigenvalue weighted by Crippen LogP contribution is 1.95. The van der Waals surface area contributed by atoms with Crippen LogP contribution in [0.2, 0.25) is 0 Å². The summed E-state index contributed by atoms with van der Waals surface area (Å²) in [6.07, 6.45) is 3.72. The van der Waals surface area contributed by atoms with Gasteiger partial charge in [0, 0.05) is 12.8 Å². The number of aromatic nitrogens is 3. The van der Waals surface area contributed by atoms with E-state index in [1.54, 1.807) is 0 Å². The van der Waals surface area contributed by atoms with Gasteiger partial charge in [-0.2, -0.15) is 10.4 Å². The molecule has 0 aromatic carbocycles. The molecule has 0 bridgehead atoms. The molecule has 0 atom stereocenters. The Morgan fingerprint density at radius 3 is 3.20 bits per heavy atom. The normalized spacial score (nSPS) is 9.10. The monoisotopic (exact) mass is 136 g/mol. The van der Waals surface area contributed by atoms with Crippen molar-refractivity contribution in [2.75, 3.05) is 0 Å². The molecular formula is C6H8N4. The number of nitrogens with one attached hydrogen (secondary N) is 1. The van der Waals surface area contributed by atoms with E-state index in [0.29, 0.717) is 6.42 Å². The molecule has 4 heteroatoms. The molecule has 0 spiro atoms. The zero-order valence-corrected chi connectivity index (χ0v) is 5.54. The van der Waals surface area contributed by atoms with Crippen LogP contribution in [0.1, 0.15) is 18.7 Å². The molecule has 0 saturated heterocycles. The van der Waals surface area contributed by atoms with Gasteiger partial charge in [-0.05, 0) is 6.42 Å². The molecule has 0 unspecified atom stereocenters. The van der Waals surface area contributed by atoms with Crippen LogP contribution >= 0.6 is 0 Å². The number of hydrogen-bond acceptors (Lipinski definition) is 3. The second-order valence-electron chi connectivity index (χ2n) is 1.94. The average molecular weight is 136 g/mol. The van der Waals surface area contributed by atoms with Crippen LogP contribution in [-0.4, -0.2) is 15.2 Å². The maximum atomic E-state index is 8.20. The standard InChI is InChI=1S/C6H8N4/c7-4-2-1-3-6-8-5-9-10-6/h5H,1-3H2,(H,8,9,10). The highest BCUT2D eigenvalue weighted by Gasteiger charge is 1.92. The Balaban J connectivity index is 2.23. The van der Waals surface area contributed by atoms with Gasteiger partial charge in [0.1, 0.15) is 12.2 Å². The molecule has 1 rings (SSSR count). The molecule has 0 aliphatic rings. The number of rotatable bonds is 3. The number of aromatic amines is 1. The summed E-state index contributed by atoms with van der Waals surface area (Å²) in [6, 6.07) is 2.07. The Morgan fingerprint density at radius 1 is 1.70 bits per heavy atom. The Kier molecular flexibility index (Phi) is 2.44. The molecule has 0 radical (unpaired) electrons. The molecule has 0 amide bonds. The van der Waals surface area contributed by atoms with Crippen LogP contribution in [0.4, 0.5) is 0 Å². The molecule has 1 aromatic heterocycles. The maximum absolute atomic E-state index is 8.20. The Labute approximate surface area is 58.9 Å². The highest BCUT2D eigenvalue weighted by atomic mass is 15.2. The van der Waals surface area contributed by atoms with Crippen LogP contribution in [0.15, 0.2) is 6.33 Å². The lowest BCUT2D eigenvalue weighted by Crippen LogP contribution is -1.86. The van der Waals surface area contributed by atoms with Crippen molar-refractivity contribution < 1.29 is 0 Å². The van der Waals surface area contributed by atoms with Gasteiger partial charge in [-0.25, -0.2) is 4.98 Å². The Morgan fingerprint density at radius 2 is 2.60 bits per heavy atom. The predicted octanol–water partition coefficient (Wildman–Crippen LogP) is 0.651. The summed E-state index contributed by atoms with van der Waals surface area (Å²) in [5.74, 6) is 0.857. The van der Waals surface area contributed by atoms with Crippen molar-refractivity contribution in [1.82, 2.24) is 15.2 Å². The molecule has 0 saturated carbocycles. The van der Waals surface area contributed by atoms with Crippen molar-refractivity contribution in [3.8, 4) is 6.07 Å². The number of hydrogen-bond donors (Lipinski definition) is 1. The summed E-state index contributed by atoms with van der Waals surface area (Å²) < 4.78 is 0. The van der Waals surface area contributed by atoms with Gasteiger partial charge in [-0.1, -0.05) is 0 Å². The summed E-state index contributed by atoms with van der Waals surface area (Å²) in [4.78, 5) is 3.91. The lowest BCUT2D eigenvalue weighted by Gasteiger charge is -1.87. The number of nitriles is 1. The molecule has 52 valence electrons. The molecule has 4 nitrogen and oxygen atoms in total. The van der Waals surface area contributed by atoms with E-state index in [1.165, 1.54) is 6.33 Å². The van der Waals surface area contributed by atoms with E-state index < -0.39 is 0 Å². The second-order valence-corrected chi connectivity index (χ2v) is 1.94.